The number of Topliss-reactive ketones (excluding diaryl/α,β-unsaturated/α-hetero) is 2. The lowest BCUT2D eigenvalue weighted by atomic mass is 9.72. The third-order valence-corrected chi connectivity index (χ3v) is 4.94. The van der Waals surface area contributed by atoms with E-state index in [0.29, 0.717) is 0 Å². The van der Waals surface area contributed by atoms with E-state index in [1.807, 2.05) is 0 Å². The van der Waals surface area contributed by atoms with Gasteiger partial charge in [-0.1, -0.05) is 12.2 Å². The number of carbonyl (C=O) groups is 2. The van der Waals surface area contributed by atoms with Crippen LogP contribution in [0.3, 0.4) is 0 Å². The molecule has 0 N–H and O–H groups in total. The van der Waals surface area contributed by atoms with E-state index in [2.05, 4.69) is 18.2 Å². The van der Waals surface area contributed by atoms with E-state index in [1.165, 1.54) is 0 Å². The van der Waals surface area contributed by atoms with Gasteiger partial charge in [0.15, 0.2) is 0 Å². The maximum atomic E-state index is 12.2. The topological polar surface area (TPSA) is 57.9 Å². The van der Waals surface area contributed by atoms with E-state index in [9.17, 15) is 9.59 Å². The average molecular weight is 213 g/mol. The molecule has 7 atom stereocenters. The molecule has 0 aromatic heterocycles. The SMILES string of the molecule is N#CC1[C@H]2C(=O)[C@H]3[C@@H](C(=O)[C@@H]12)[C@H]1C=C[C@@H]3C1. The number of carbonyl (C=O) groups excluding carboxylic acids is 2. The van der Waals surface area contributed by atoms with Crippen LogP contribution in [0, 0.1) is 52.8 Å². The largest absolute Gasteiger partial charge is 0.299 e. The van der Waals surface area contributed by atoms with Gasteiger partial charge in [0, 0.05) is 23.7 Å². The lowest BCUT2D eigenvalue weighted by Gasteiger charge is -2.29. The van der Waals surface area contributed by atoms with Crippen LogP contribution in [0.1, 0.15) is 6.42 Å². The zero-order valence-corrected chi connectivity index (χ0v) is 8.67. The molecule has 3 saturated carbocycles. The highest BCUT2D eigenvalue weighted by Gasteiger charge is 2.69. The van der Waals surface area contributed by atoms with Crippen molar-refractivity contribution in [3.05, 3.63) is 12.2 Å². The molecule has 4 rings (SSSR count). The lowest BCUT2D eigenvalue weighted by Crippen LogP contribution is -2.39. The minimum absolute atomic E-state index is 0.0814. The van der Waals surface area contributed by atoms with Gasteiger partial charge in [-0.3, -0.25) is 9.59 Å². The third kappa shape index (κ3) is 0.744. The van der Waals surface area contributed by atoms with E-state index in [4.69, 9.17) is 5.26 Å². The molecule has 3 heteroatoms. The molecule has 0 aromatic carbocycles. The molecule has 3 fully saturated rings. The van der Waals surface area contributed by atoms with Crippen LogP contribution in [0.5, 0.6) is 0 Å². The van der Waals surface area contributed by atoms with Gasteiger partial charge in [-0.2, -0.15) is 5.26 Å². The van der Waals surface area contributed by atoms with Crippen molar-refractivity contribution in [3.8, 4) is 6.07 Å². The second-order valence-corrected chi connectivity index (χ2v) is 5.51. The number of nitrogens with zero attached hydrogens (tertiary/aromatic N) is 1. The molecule has 16 heavy (non-hydrogen) atoms. The first-order valence-electron chi connectivity index (χ1n) is 5.89. The summed E-state index contributed by atoms with van der Waals surface area (Å²) in [7, 11) is 0. The summed E-state index contributed by atoms with van der Waals surface area (Å²) in [5.74, 6) is 0.0304. The summed E-state index contributed by atoms with van der Waals surface area (Å²) in [6.07, 6.45) is 5.17. The molecule has 0 radical (unpaired) electrons. The molecule has 0 aromatic rings. The van der Waals surface area contributed by atoms with Crippen LogP contribution in [0.15, 0.2) is 12.2 Å². The number of hydrogen-bond acceptors (Lipinski definition) is 3. The van der Waals surface area contributed by atoms with Gasteiger partial charge >= 0.3 is 0 Å². The van der Waals surface area contributed by atoms with Gasteiger partial charge in [0.05, 0.1) is 12.0 Å². The molecule has 0 heterocycles. The molecular weight excluding hydrogens is 202 g/mol. The molecule has 0 aliphatic heterocycles. The molecule has 4 aliphatic rings. The minimum atomic E-state index is -0.301. The zero-order valence-electron chi connectivity index (χ0n) is 8.67. The standard InChI is InChI=1S/C13H11NO2/c14-4-7-10-11(7)13(16)9-6-2-1-5(3-6)8(9)12(10)15/h1-2,5-11H,3H2/t5-,6+,7?,8-,9+,10-,11+. The average Bonchev–Trinajstić information content (AvgIpc) is 2.65. The predicted molar refractivity (Wildman–Crippen MR) is 53.8 cm³/mol. The van der Waals surface area contributed by atoms with Crippen LogP contribution in [0.2, 0.25) is 0 Å². The molecule has 2 bridgehead atoms. The number of allylic oxidation sites excluding steroid dienone is 2. The van der Waals surface area contributed by atoms with Crippen molar-refractivity contribution in [1.82, 2.24) is 0 Å². The highest BCUT2D eigenvalue weighted by atomic mass is 16.1. The summed E-state index contributed by atoms with van der Waals surface area (Å²) in [5.41, 5.74) is 0. The van der Waals surface area contributed by atoms with E-state index in [-0.39, 0.29) is 53.0 Å². The van der Waals surface area contributed by atoms with Crippen molar-refractivity contribution in [3.63, 3.8) is 0 Å². The monoisotopic (exact) mass is 213 g/mol. The highest BCUT2D eigenvalue weighted by molar-refractivity contribution is 6.05. The number of fused-ring (bicyclic) bond motifs is 6. The zero-order chi connectivity index (χ0) is 11.0. The number of nitriles is 1. The first-order valence-corrected chi connectivity index (χ1v) is 5.89. The van der Waals surface area contributed by atoms with Crippen LogP contribution in [0.25, 0.3) is 0 Å². The molecule has 4 aliphatic carbocycles. The van der Waals surface area contributed by atoms with Crippen molar-refractivity contribution >= 4 is 11.6 Å². The van der Waals surface area contributed by atoms with Gasteiger partial charge in [-0.25, -0.2) is 0 Å². The normalized spacial score (nSPS) is 55.8. The highest BCUT2D eigenvalue weighted by Crippen LogP contribution is 2.62. The fraction of sp³-hybridized carbons (Fsp3) is 0.615. The summed E-state index contributed by atoms with van der Waals surface area (Å²) in [4.78, 5) is 24.4. The van der Waals surface area contributed by atoms with Gasteiger partial charge in [-0.05, 0) is 18.3 Å². The van der Waals surface area contributed by atoms with Crippen molar-refractivity contribution in [2.45, 2.75) is 6.42 Å². The fourth-order valence-corrected chi connectivity index (χ4v) is 4.22. The Bertz CT molecular complexity index is 451. The second kappa shape index (κ2) is 2.45. The first-order chi connectivity index (χ1) is 7.74. The molecule has 1 unspecified atom stereocenters. The molecule has 0 spiro atoms. The van der Waals surface area contributed by atoms with E-state index < -0.39 is 0 Å². The minimum Gasteiger partial charge on any atom is -0.299 e. The molecule has 0 amide bonds. The second-order valence-electron chi connectivity index (χ2n) is 5.51. The Kier molecular flexibility index (Phi) is 1.33. The van der Waals surface area contributed by atoms with E-state index in [0.717, 1.165) is 6.42 Å². The van der Waals surface area contributed by atoms with Crippen molar-refractivity contribution in [2.24, 2.45) is 41.4 Å². The van der Waals surface area contributed by atoms with Gasteiger partial charge in [0.2, 0.25) is 0 Å². The van der Waals surface area contributed by atoms with Crippen LogP contribution in [0.4, 0.5) is 0 Å². The maximum absolute atomic E-state index is 12.2. The Morgan fingerprint density at radius 1 is 1.00 bits per heavy atom. The lowest BCUT2D eigenvalue weighted by molar-refractivity contribution is -0.139. The fourth-order valence-electron chi connectivity index (χ4n) is 4.22. The molecule has 80 valence electrons. The molecular formula is C13H11NO2. The Morgan fingerprint density at radius 2 is 1.50 bits per heavy atom. The van der Waals surface area contributed by atoms with Gasteiger partial charge in [0.1, 0.15) is 11.6 Å². The maximum Gasteiger partial charge on any atom is 0.142 e. The summed E-state index contributed by atoms with van der Waals surface area (Å²) >= 11 is 0. The van der Waals surface area contributed by atoms with Gasteiger partial charge in [0.25, 0.3) is 0 Å². The van der Waals surface area contributed by atoms with E-state index >= 15 is 0 Å². The van der Waals surface area contributed by atoms with Gasteiger partial charge < -0.3 is 0 Å². The number of ketones is 2. The van der Waals surface area contributed by atoms with Crippen molar-refractivity contribution < 1.29 is 9.59 Å². The Hall–Kier alpha value is -1.43. The predicted octanol–water partition coefficient (Wildman–Crippen LogP) is 0.962. The van der Waals surface area contributed by atoms with E-state index in [1.54, 1.807) is 0 Å². The summed E-state index contributed by atoms with van der Waals surface area (Å²) in [6.45, 7) is 0. The Morgan fingerprint density at radius 3 is 1.94 bits per heavy atom. The van der Waals surface area contributed by atoms with Crippen LogP contribution in [-0.4, -0.2) is 11.6 Å². The van der Waals surface area contributed by atoms with Crippen LogP contribution < -0.4 is 0 Å². The van der Waals surface area contributed by atoms with Crippen LogP contribution in [-0.2, 0) is 9.59 Å². The molecule has 0 saturated heterocycles. The Labute approximate surface area is 93.1 Å². The van der Waals surface area contributed by atoms with Crippen molar-refractivity contribution in [2.75, 3.05) is 0 Å². The Balaban J connectivity index is 1.79. The third-order valence-electron chi connectivity index (χ3n) is 4.94. The molecule has 3 nitrogen and oxygen atoms in total. The summed E-state index contributed by atoms with van der Waals surface area (Å²) in [5, 5.41) is 8.91. The number of rotatable bonds is 0. The first kappa shape index (κ1) is 8.69. The summed E-state index contributed by atoms with van der Waals surface area (Å²) < 4.78 is 0. The van der Waals surface area contributed by atoms with Crippen molar-refractivity contribution in [1.29, 1.82) is 5.26 Å². The van der Waals surface area contributed by atoms with Gasteiger partial charge in [-0.15, -0.1) is 0 Å². The smallest absolute Gasteiger partial charge is 0.142 e. The quantitative estimate of drug-likeness (QED) is 0.563. The summed E-state index contributed by atoms with van der Waals surface area (Å²) in [6, 6.07) is 2.12. The number of hydrogen-bond donors (Lipinski definition) is 0. The van der Waals surface area contributed by atoms with Crippen LogP contribution >= 0.6 is 0 Å².